The maximum Gasteiger partial charge on any atom is 0.00313 e. The Bertz CT molecular complexity index is 145. The molecule has 1 rings (SSSR count). The minimum absolute atomic E-state index is 0.728. The number of alkyl halides is 1. The van der Waals surface area contributed by atoms with Crippen molar-refractivity contribution in [3.05, 3.63) is 0 Å². The van der Waals surface area contributed by atoms with Gasteiger partial charge >= 0.3 is 0 Å². The fourth-order valence-electron chi connectivity index (χ4n) is 2.94. The zero-order chi connectivity index (χ0) is 10.4. The third kappa shape index (κ3) is 3.25. The van der Waals surface area contributed by atoms with Crippen molar-refractivity contribution in [3.8, 4) is 0 Å². The van der Waals surface area contributed by atoms with Crippen molar-refractivity contribution in [2.75, 3.05) is 5.33 Å². The monoisotopic (exact) mass is 260 g/mol. The highest BCUT2D eigenvalue weighted by molar-refractivity contribution is 9.09. The third-order valence-electron chi connectivity index (χ3n) is 4.13. The second-order valence-electron chi connectivity index (χ2n) is 5.22. The molecule has 0 bridgehead atoms. The Morgan fingerprint density at radius 1 is 1.07 bits per heavy atom. The first-order valence-corrected chi connectivity index (χ1v) is 7.39. The summed E-state index contributed by atoms with van der Waals surface area (Å²) in [5, 5.41) is 1.18. The molecule has 0 unspecified atom stereocenters. The Morgan fingerprint density at radius 2 is 1.71 bits per heavy atom. The molecule has 84 valence electrons. The number of hydrogen-bond donors (Lipinski definition) is 0. The van der Waals surface area contributed by atoms with Gasteiger partial charge < -0.3 is 0 Å². The summed E-state index contributed by atoms with van der Waals surface area (Å²) >= 11 is 3.51. The average Bonchev–Trinajstić information content (AvgIpc) is 2.62. The third-order valence-corrected chi connectivity index (χ3v) is 4.69. The molecule has 0 aromatic rings. The van der Waals surface area contributed by atoms with Crippen LogP contribution in [-0.2, 0) is 0 Å². The molecule has 0 saturated heterocycles. The summed E-state index contributed by atoms with van der Waals surface area (Å²) in [6, 6.07) is 0. The van der Waals surface area contributed by atoms with Crippen molar-refractivity contribution in [3.63, 3.8) is 0 Å². The van der Waals surface area contributed by atoms with Crippen molar-refractivity contribution in [1.82, 2.24) is 0 Å². The second kappa shape index (κ2) is 6.15. The largest absolute Gasteiger partial charge is 0.0928 e. The van der Waals surface area contributed by atoms with E-state index in [1.165, 1.54) is 56.7 Å². The van der Waals surface area contributed by atoms with Gasteiger partial charge in [-0.05, 0) is 37.0 Å². The van der Waals surface area contributed by atoms with Crippen LogP contribution in [0.5, 0.6) is 0 Å². The van der Waals surface area contributed by atoms with Crippen LogP contribution in [0, 0.1) is 11.3 Å². The van der Waals surface area contributed by atoms with Gasteiger partial charge in [-0.15, -0.1) is 0 Å². The Morgan fingerprint density at radius 3 is 2.21 bits per heavy atom. The normalized spacial score (nSPS) is 20.6. The van der Waals surface area contributed by atoms with Gasteiger partial charge in [0.1, 0.15) is 0 Å². The number of rotatable bonds is 6. The maximum atomic E-state index is 3.51. The summed E-state index contributed by atoms with van der Waals surface area (Å²) in [5.74, 6) is 0.897. The number of unbranched alkanes of at least 4 members (excludes halogenated alkanes) is 2. The van der Waals surface area contributed by atoms with Crippen molar-refractivity contribution >= 4 is 15.9 Å². The van der Waals surface area contributed by atoms with E-state index in [-0.39, 0.29) is 0 Å². The first kappa shape index (κ1) is 12.5. The molecule has 0 N–H and O–H groups in total. The van der Waals surface area contributed by atoms with E-state index in [1.54, 1.807) is 0 Å². The zero-order valence-electron chi connectivity index (χ0n) is 9.82. The van der Waals surface area contributed by atoms with Crippen LogP contribution in [-0.4, -0.2) is 5.33 Å². The Kier molecular flexibility index (Phi) is 5.51. The van der Waals surface area contributed by atoms with E-state index in [1.807, 2.05) is 0 Å². The van der Waals surface area contributed by atoms with Gasteiger partial charge in [-0.1, -0.05) is 55.5 Å². The molecule has 0 spiro atoms. The van der Waals surface area contributed by atoms with E-state index >= 15 is 0 Å². The fraction of sp³-hybridized carbons (Fsp3) is 1.00. The lowest BCUT2D eigenvalue weighted by atomic mass is 9.72. The Balaban J connectivity index is 2.29. The standard InChI is InChI=1S/C13H25Br/c1-12(2)13(9-5-6-10-13)8-4-3-7-11-14/h12H,3-11H2,1-2H3. The van der Waals surface area contributed by atoms with E-state index in [4.69, 9.17) is 0 Å². The van der Waals surface area contributed by atoms with Gasteiger partial charge in [-0.25, -0.2) is 0 Å². The van der Waals surface area contributed by atoms with Gasteiger partial charge in [0.2, 0.25) is 0 Å². The molecule has 0 aromatic heterocycles. The minimum Gasteiger partial charge on any atom is -0.0928 e. The lowest BCUT2D eigenvalue weighted by molar-refractivity contribution is 0.173. The first-order chi connectivity index (χ1) is 6.71. The summed E-state index contributed by atoms with van der Waals surface area (Å²) < 4.78 is 0. The van der Waals surface area contributed by atoms with Crippen LogP contribution in [0.3, 0.4) is 0 Å². The first-order valence-electron chi connectivity index (χ1n) is 6.27. The quantitative estimate of drug-likeness (QED) is 0.457. The van der Waals surface area contributed by atoms with E-state index in [9.17, 15) is 0 Å². The molecule has 0 radical (unpaired) electrons. The van der Waals surface area contributed by atoms with E-state index in [2.05, 4.69) is 29.8 Å². The topological polar surface area (TPSA) is 0 Å². The van der Waals surface area contributed by atoms with Gasteiger partial charge in [0.05, 0.1) is 0 Å². The molecule has 1 fully saturated rings. The van der Waals surface area contributed by atoms with Crippen LogP contribution in [0.2, 0.25) is 0 Å². The van der Waals surface area contributed by atoms with Crippen LogP contribution in [0.15, 0.2) is 0 Å². The van der Waals surface area contributed by atoms with Crippen LogP contribution in [0.25, 0.3) is 0 Å². The second-order valence-corrected chi connectivity index (χ2v) is 6.02. The SMILES string of the molecule is CC(C)C1(CCCCCBr)CCCC1. The Hall–Kier alpha value is 0.480. The van der Waals surface area contributed by atoms with Crippen LogP contribution >= 0.6 is 15.9 Å². The molecule has 0 aromatic carbocycles. The van der Waals surface area contributed by atoms with Crippen molar-refractivity contribution in [2.45, 2.75) is 65.2 Å². The molecule has 0 nitrogen and oxygen atoms in total. The number of hydrogen-bond acceptors (Lipinski definition) is 0. The minimum atomic E-state index is 0.728. The van der Waals surface area contributed by atoms with Gasteiger partial charge in [0.25, 0.3) is 0 Å². The lowest BCUT2D eigenvalue weighted by Gasteiger charge is -2.33. The lowest BCUT2D eigenvalue weighted by Crippen LogP contribution is -2.23. The van der Waals surface area contributed by atoms with Gasteiger partial charge in [-0.2, -0.15) is 0 Å². The van der Waals surface area contributed by atoms with E-state index in [0.717, 1.165) is 11.3 Å². The van der Waals surface area contributed by atoms with E-state index in [0.29, 0.717) is 0 Å². The summed E-state index contributed by atoms with van der Waals surface area (Å²) in [6.45, 7) is 4.85. The fourth-order valence-corrected chi connectivity index (χ4v) is 3.34. The van der Waals surface area contributed by atoms with Crippen molar-refractivity contribution < 1.29 is 0 Å². The van der Waals surface area contributed by atoms with Gasteiger partial charge in [-0.3, -0.25) is 0 Å². The van der Waals surface area contributed by atoms with Crippen LogP contribution < -0.4 is 0 Å². The summed E-state index contributed by atoms with van der Waals surface area (Å²) in [4.78, 5) is 0. The highest BCUT2D eigenvalue weighted by Gasteiger charge is 2.35. The molecule has 0 atom stereocenters. The summed E-state index contributed by atoms with van der Waals surface area (Å²) in [5.41, 5.74) is 0.728. The van der Waals surface area contributed by atoms with Gasteiger partial charge in [0.15, 0.2) is 0 Å². The number of halogens is 1. The van der Waals surface area contributed by atoms with E-state index < -0.39 is 0 Å². The highest BCUT2D eigenvalue weighted by atomic mass is 79.9. The molecule has 0 aliphatic heterocycles. The van der Waals surface area contributed by atoms with Gasteiger partial charge in [0, 0.05) is 5.33 Å². The van der Waals surface area contributed by atoms with Crippen molar-refractivity contribution in [2.24, 2.45) is 11.3 Å². The summed E-state index contributed by atoms with van der Waals surface area (Å²) in [7, 11) is 0. The molecule has 1 aliphatic rings. The molecule has 0 amide bonds. The van der Waals surface area contributed by atoms with Crippen molar-refractivity contribution in [1.29, 1.82) is 0 Å². The summed E-state index contributed by atoms with van der Waals surface area (Å²) in [6.07, 6.45) is 11.7. The highest BCUT2D eigenvalue weighted by Crippen LogP contribution is 2.47. The predicted molar refractivity (Wildman–Crippen MR) is 68.0 cm³/mol. The molecular formula is C13H25Br. The molecule has 0 heterocycles. The van der Waals surface area contributed by atoms with Crippen LogP contribution in [0.4, 0.5) is 0 Å². The van der Waals surface area contributed by atoms with Crippen LogP contribution in [0.1, 0.15) is 65.2 Å². The molecule has 1 aliphatic carbocycles. The smallest absolute Gasteiger partial charge is 0.00313 e. The zero-order valence-corrected chi connectivity index (χ0v) is 11.4. The molecule has 1 heteroatoms. The molecule has 14 heavy (non-hydrogen) atoms. The molecule has 1 saturated carbocycles. The Labute approximate surface area is 98.0 Å². The molecular weight excluding hydrogens is 236 g/mol. The maximum absolute atomic E-state index is 3.51. The predicted octanol–water partition coefficient (Wildman–Crippen LogP) is 5.16. The average molecular weight is 261 g/mol.